The Kier molecular flexibility index (Phi) is 4.65. The number of benzene rings is 2. The zero-order chi connectivity index (χ0) is 15.6. The van der Waals surface area contributed by atoms with Gasteiger partial charge in [-0.25, -0.2) is 4.79 Å². The Labute approximate surface area is 134 Å². The van der Waals surface area contributed by atoms with Gasteiger partial charge >= 0.3 is 5.97 Å². The highest BCUT2D eigenvalue weighted by molar-refractivity contribution is 9.10. The van der Waals surface area contributed by atoms with Crippen LogP contribution in [0.2, 0.25) is 5.02 Å². The van der Waals surface area contributed by atoms with E-state index < -0.39 is 5.97 Å². The van der Waals surface area contributed by atoms with Crippen molar-refractivity contribution in [3.8, 4) is 0 Å². The molecule has 21 heavy (non-hydrogen) atoms. The number of aromatic carboxylic acids is 1. The number of rotatable bonds is 3. The molecule has 0 unspecified atom stereocenters. The molecule has 1 amide bonds. The maximum atomic E-state index is 12.3. The monoisotopic (exact) mass is 367 g/mol. The number of aryl methyl sites for hydroxylation is 1. The molecule has 0 saturated carbocycles. The van der Waals surface area contributed by atoms with Gasteiger partial charge in [-0.15, -0.1) is 0 Å². The fourth-order valence-electron chi connectivity index (χ4n) is 1.78. The van der Waals surface area contributed by atoms with E-state index in [2.05, 4.69) is 21.2 Å². The van der Waals surface area contributed by atoms with Crippen molar-refractivity contribution in [1.82, 2.24) is 0 Å². The lowest BCUT2D eigenvalue weighted by atomic mass is 10.1. The first kappa shape index (κ1) is 15.5. The van der Waals surface area contributed by atoms with Gasteiger partial charge in [0.1, 0.15) is 0 Å². The van der Waals surface area contributed by atoms with Gasteiger partial charge < -0.3 is 10.4 Å². The number of carboxylic acids is 1. The summed E-state index contributed by atoms with van der Waals surface area (Å²) in [4.78, 5) is 23.2. The first-order valence-corrected chi connectivity index (χ1v) is 7.16. The second-order valence-electron chi connectivity index (χ2n) is 4.41. The molecule has 0 heterocycles. The van der Waals surface area contributed by atoms with Gasteiger partial charge in [0.15, 0.2) is 0 Å². The Morgan fingerprint density at radius 2 is 1.90 bits per heavy atom. The van der Waals surface area contributed by atoms with Crippen LogP contribution in [0.1, 0.15) is 26.3 Å². The summed E-state index contributed by atoms with van der Waals surface area (Å²) >= 11 is 9.30. The van der Waals surface area contributed by atoms with E-state index in [0.29, 0.717) is 5.56 Å². The van der Waals surface area contributed by atoms with Crippen molar-refractivity contribution in [2.75, 3.05) is 5.32 Å². The summed E-state index contributed by atoms with van der Waals surface area (Å²) in [5, 5.41) is 11.9. The Morgan fingerprint density at radius 1 is 1.19 bits per heavy atom. The fourth-order valence-corrected chi connectivity index (χ4v) is 2.31. The van der Waals surface area contributed by atoms with E-state index in [1.165, 1.54) is 18.2 Å². The molecule has 0 fully saturated rings. The van der Waals surface area contributed by atoms with Crippen molar-refractivity contribution < 1.29 is 14.7 Å². The Balaban J connectivity index is 2.33. The second kappa shape index (κ2) is 6.28. The zero-order valence-corrected chi connectivity index (χ0v) is 13.3. The van der Waals surface area contributed by atoms with Gasteiger partial charge in [-0.3, -0.25) is 4.79 Å². The van der Waals surface area contributed by atoms with Crippen LogP contribution in [-0.4, -0.2) is 17.0 Å². The number of amides is 1. The lowest BCUT2D eigenvalue weighted by Gasteiger charge is -2.10. The van der Waals surface area contributed by atoms with Crippen molar-refractivity contribution in [2.45, 2.75) is 6.92 Å². The Morgan fingerprint density at radius 3 is 2.57 bits per heavy atom. The number of carbonyl (C=O) groups is 2. The minimum atomic E-state index is -1.08. The maximum Gasteiger partial charge on any atom is 0.335 e. The highest BCUT2D eigenvalue weighted by atomic mass is 79.9. The number of hydrogen-bond acceptors (Lipinski definition) is 2. The molecule has 2 aromatic rings. The van der Waals surface area contributed by atoms with Gasteiger partial charge in [-0.05, 0) is 42.8 Å². The first-order valence-electron chi connectivity index (χ1n) is 5.99. The largest absolute Gasteiger partial charge is 0.478 e. The van der Waals surface area contributed by atoms with E-state index in [4.69, 9.17) is 16.7 Å². The topological polar surface area (TPSA) is 66.4 Å². The molecule has 4 nitrogen and oxygen atoms in total. The molecule has 6 heteroatoms. The van der Waals surface area contributed by atoms with Crippen LogP contribution in [0.3, 0.4) is 0 Å². The van der Waals surface area contributed by atoms with Gasteiger partial charge in [0.05, 0.1) is 16.3 Å². The van der Waals surface area contributed by atoms with Crippen LogP contribution in [0.5, 0.6) is 0 Å². The Hall–Kier alpha value is -1.85. The molecular formula is C15H11BrClNO3. The summed E-state index contributed by atoms with van der Waals surface area (Å²) < 4.78 is 0.781. The number of hydrogen-bond donors (Lipinski definition) is 2. The minimum absolute atomic E-state index is 0.0562. The predicted octanol–water partition coefficient (Wildman–Crippen LogP) is 4.36. The molecule has 0 bridgehead atoms. The lowest BCUT2D eigenvalue weighted by molar-refractivity contribution is 0.0696. The normalized spacial score (nSPS) is 10.2. The van der Waals surface area contributed by atoms with Crippen LogP contribution < -0.4 is 5.32 Å². The molecule has 0 aliphatic heterocycles. The number of carboxylic acid groups (broad SMARTS) is 1. The van der Waals surface area contributed by atoms with Crippen LogP contribution >= 0.6 is 27.5 Å². The van der Waals surface area contributed by atoms with Gasteiger partial charge in [-0.2, -0.15) is 0 Å². The van der Waals surface area contributed by atoms with Crippen molar-refractivity contribution >= 4 is 45.1 Å². The van der Waals surface area contributed by atoms with E-state index >= 15 is 0 Å². The van der Waals surface area contributed by atoms with Crippen molar-refractivity contribution in [3.05, 3.63) is 62.6 Å². The maximum absolute atomic E-state index is 12.3. The third-order valence-electron chi connectivity index (χ3n) is 2.91. The van der Waals surface area contributed by atoms with Crippen LogP contribution in [-0.2, 0) is 0 Å². The van der Waals surface area contributed by atoms with Crippen LogP contribution in [0.4, 0.5) is 5.69 Å². The summed E-state index contributed by atoms with van der Waals surface area (Å²) in [5.41, 5.74) is 1.61. The third-order valence-corrected chi connectivity index (χ3v) is 3.73. The van der Waals surface area contributed by atoms with Gasteiger partial charge in [0, 0.05) is 10.0 Å². The van der Waals surface area contributed by atoms with Crippen molar-refractivity contribution in [3.63, 3.8) is 0 Å². The Bertz CT molecular complexity index is 731. The molecule has 2 N–H and O–H groups in total. The first-order chi connectivity index (χ1) is 9.88. The number of nitrogens with one attached hydrogen (secondary N) is 1. The number of anilines is 1. The van der Waals surface area contributed by atoms with Crippen molar-refractivity contribution in [2.24, 2.45) is 0 Å². The van der Waals surface area contributed by atoms with Crippen LogP contribution in [0, 0.1) is 6.92 Å². The standard InChI is InChI=1S/C15H11BrClNO3/c1-8-2-4-10(16)7-11(8)14(19)18-13-6-9(15(20)21)3-5-12(13)17/h2-7H,1H3,(H,18,19)(H,20,21). The molecule has 2 aromatic carbocycles. The summed E-state index contributed by atoms with van der Waals surface area (Å²) in [6, 6.07) is 9.49. The average Bonchev–Trinajstić information content (AvgIpc) is 2.43. The quantitative estimate of drug-likeness (QED) is 0.846. The smallest absolute Gasteiger partial charge is 0.335 e. The van der Waals surface area contributed by atoms with Crippen LogP contribution in [0.25, 0.3) is 0 Å². The summed E-state index contributed by atoms with van der Waals surface area (Å²) in [6.07, 6.45) is 0. The highest BCUT2D eigenvalue weighted by Gasteiger charge is 2.13. The molecule has 0 aliphatic rings. The molecule has 2 rings (SSSR count). The van der Waals surface area contributed by atoms with Gasteiger partial charge in [0.25, 0.3) is 5.91 Å². The molecule has 0 atom stereocenters. The summed E-state index contributed by atoms with van der Waals surface area (Å²) in [5.74, 6) is -1.43. The molecule has 0 aromatic heterocycles. The lowest BCUT2D eigenvalue weighted by Crippen LogP contribution is -2.14. The molecule has 0 aliphatic carbocycles. The van der Waals surface area contributed by atoms with Crippen LogP contribution in [0.15, 0.2) is 40.9 Å². The third kappa shape index (κ3) is 3.62. The van der Waals surface area contributed by atoms with E-state index in [-0.39, 0.29) is 22.2 Å². The number of carbonyl (C=O) groups excluding carboxylic acids is 1. The highest BCUT2D eigenvalue weighted by Crippen LogP contribution is 2.25. The SMILES string of the molecule is Cc1ccc(Br)cc1C(=O)Nc1cc(C(=O)O)ccc1Cl. The fraction of sp³-hybridized carbons (Fsp3) is 0.0667. The van der Waals surface area contributed by atoms with E-state index in [1.807, 2.05) is 19.1 Å². The van der Waals surface area contributed by atoms with Gasteiger partial charge in [0.2, 0.25) is 0 Å². The van der Waals surface area contributed by atoms with Crippen molar-refractivity contribution in [1.29, 1.82) is 0 Å². The van der Waals surface area contributed by atoms with Gasteiger partial charge in [-0.1, -0.05) is 33.6 Å². The summed E-state index contributed by atoms with van der Waals surface area (Å²) in [6.45, 7) is 1.82. The van der Waals surface area contributed by atoms with E-state index in [1.54, 1.807) is 6.07 Å². The van der Waals surface area contributed by atoms with E-state index in [9.17, 15) is 9.59 Å². The predicted molar refractivity (Wildman–Crippen MR) is 85.2 cm³/mol. The molecule has 0 saturated heterocycles. The molecule has 0 spiro atoms. The minimum Gasteiger partial charge on any atom is -0.478 e. The molecule has 0 radical (unpaired) electrons. The molecular weight excluding hydrogens is 358 g/mol. The average molecular weight is 369 g/mol. The zero-order valence-electron chi connectivity index (χ0n) is 11.0. The number of halogens is 2. The summed E-state index contributed by atoms with van der Waals surface area (Å²) in [7, 11) is 0. The molecule has 108 valence electrons. The van der Waals surface area contributed by atoms with E-state index in [0.717, 1.165) is 10.0 Å². The second-order valence-corrected chi connectivity index (χ2v) is 5.74.